The summed E-state index contributed by atoms with van der Waals surface area (Å²) in [5.41, 5.74) is 3.67. The molecule has 2 heterocycles. The Morgan fingerprint density at radius 3 is 2.56 bits per heavy atom. The lowest BCUT2D eigenvalue weighted by atomic mass is 9.95. The molecule has 0 saturated carbocycles. The van der Waals surface area contributed by atoms with Gasteiger partial charge in [-0.25, -0.2) is 0 Å². The van der Waals surface area contributed by atoms with Crippen LogP contribution >= 0.6 is 23.8 Å². The van der Waals surface area contributed by atoms with Crippen LogP contribution in [0.25, 0.3) is 17.0 Å². The molecule has 9 heteroatoms. The number of hydrogen-bond donors (Lipinski definition) is 1. The van der Waals surface area contributed by atoms with Crippen LogP contribution < -0.4 is 10.1 Å². The van der Waals surface area contributed by atoms with Gasteiger partial charge in [0.15, 0.2) is 5.11 Å². The van der Waals surface area contributed by atoms with Crippen LogP contribution in [0.2, 0.25) is 5.02 Å². The first-order valence-electron chi connectivity index (χ1n) is 11.1. The zero-order valence-electron chi connectivity index (χ0n) is 19.4. The molecule has 3 aromatic rings. The van der Waals surface area contributed by atoms with Crippen molar-refractivity contribution in [2.75, 3.05) is 26.9 Å². The summed E-state index contributed by atoms with van der Waals surface area (Å²) >= 11 is 11.9. The Kier molecular flexibility index (Phi) is 7.82. The number of aromatic nitrogens is 2. The van der Waals surface area contributed by atoms with Crippen molar-refractivity contribution in [3.8, 4) is 17.1 Å². The van der Waals surface area contributed by atoms with Crippen LogP contribution in [0.15, 0.2) is 58.8 Å². The summed E-state index contributed by atoms with van der Waals surface area (Å²) < 4.78 is 16.5. The maximum Gasteiger partial charge on any atom is 0.258 e. The fourth-order valence-electron chi connectivity index (χ4n) is 3.89. The van der Waals surface area contributed by atoms with Crippen molar-refractivity contribution < 1.29 is 14.0 Å². The van der Waals surface area contributed by atoms with Gasteiger partial charge in [0.25, 0.3) is 5.89 Å². The van der Waals surface area contributed by atoms with Gasteiger partial charge < -0.3 is 24.2 Å². The van der Waals surface area contributed by atoms with Crippen molar-refractivity contribution in [3.05, 3.63) is 70.7 Å². The number of benzene rings is 2. The van der Waals surface area contributed by atoms with Crippen molar-refractivity contribution >= 4 is 34.5 Å². The molecule has 0 spiro atoms. The highest BCUT2D eigenvalue weighted by Crippen LogP contribution is 2.37. The number of allylic oxidation sites excluding steroid dienone is 1. The van der Waals surface area contributed by atoms with Crippen molar-refractivity contribution in [1.82, 2.24) is 20.4 Å². The Labute approximate surface area is 209 Å². The third-order valence-corrected chi connectivity index (χ3v) is 6.27. The molecular weight excluding hydrogens is 472 g/mol. The summed E-state index contributed by atoms with van der Waals surface area (Å²) in [6, 6.07) is 15.0. The molecular formula is C25H27ClN4O3S. The Morgan fingerprint density at radius 1 is 1.15 bits per heavy atom. The van der Waals surface area contributed by atoms with E-state index in [9.17, 15) is 0 Å². The minimum atomic E-state index is -0.253. The fourth-order valence-corrected chi connectivity index (χ4v) is 4.36. The van der Waals surface area contributed by atoms with Gasteiger partial charge in [0.05, 0.1) is 18.7 Å². The van der Waals surface area contributed by atoms with Gasteiger partial charge in [0, 0.05) is 36.0 Å². The summed E-state index contributed by atoms with van der Waals surface area (Å²) in [4.78, 5) is 6.80. The van der Waals surface area contributed by atoms with Crippen LogP contribution in [0, 0.1) is 0 Å². The Bertz CT molecular complexity index is 1160. The number of rotatable bonds is 9. The molecule has 1 unspecified atom stereocenters. The molecule has 1 N–H and O–H groups in total. The molecule has 0 bridgehead atoms. The smallest absolute Gasteiger partial charge is 0.258 e. The van der Waals surface area contributed by atoms with Gasteiger partial charge in [-0.3, -0.25) is 0 Å². The van der Waals surface area contributed by atoms with Gasteiger partial charge in [-0.1, -0.05) is 28.9 Å². The van der Waals surface area contributed by atoms with Crippen LogP contribution in [0.1, 0.15) is 37.8 Å². The lowest BCUT2D eigenvalue weighted by molar-refractivity contribution is 0.141. The Balaban J connectivity index is 1.71. The van der Waals surface area contributed by atoms with Crippen LogP contribution in [0.3, 0.4) is 0 Å². The van der Waals surface area contributed by atoms with E-state index in [1.54, 1.807) is 7.11 Å². The van der Waals surface area contributed by atoms with Gasteiger partial charge in [0.1, 0.15) is 5.75 Å². The third-order valence-electron chi connectivity index (χ3n) is 5.68. The predicted octanol–water partition coefficient (Wildman–Crippen LogP) is 5.49. The van der Waals surface area contributed by atoms with Crippen molar-refractivity contribution in [2.24, 2.45) is 0 Å². The molecule has 4 rings (SSSR count). The van der Waals surface area contributed by atoms with Crippen LogP contribution in [0.5, 0.6) is 5.75 Å². The number of nitrogens with one attached hydrogen (secondary N) is 1. The van der Waals surface area contributed by atoms with E-state index >= 15 is 0 Å². The van der Waals surface area contributed by atoms with E-state index in [1.165, 1.54) is 0 Å². The molecule has 178 valence electrons. The normalized spacial score (nSPS) is 16.1. The zero-order chi connectivity index (χ0) is 24.1. The molecule has 0 fully saturated rings. The second-order valence-corrected chi connectivity index (χ2v) is 8.61. The molecule has 0 aliphatic carbocycles. The predicted molar refractivity (Wildman–Crippen MR) is 137 cm³/mol. The molecule has 0 amide bonds. The summed E-state index contributed by atoms with van der Waals surface area (Å²) in [6.07, 6.45) is 0.840. The first kappa shape index (κ1) is 24.2. The number of methoxy groups -OCH3 is 1. The maximum absolute atomic E-state index is 6.13. The zero-order valence-corrected chi connectivity index (χ0v) is 20.9. The van der Waals surface area contributed by atoms with E-state index in [0.717, 1.165) is 34.6 Å². The topological polar surface area (TPSA) is 72.7 Å². The van der Waals surface area contributed by atoms with Crippen LogP contribution in [0.4, 0.5) is 0 Å². The van der Waals surface area contributed by atoms with E-state index in [0.29, 0.717) is 41.6 Å². The number of ether oxygens (including phenoxy) is 2. The van der Waals surface area contributed by atoms with E-state index in [-0.39, 0.29) is 6.04 Å². The Morgan fingerprint density at radius 2 is 1.88 bits per heavy atom. The highest BCUT2D eigenvalue weighted by molar-refractivity contribution is 7.80. The van der Waals surface area contributed by atoms with Crippen LogP contribution in [-0.4, -0.2) is 47.0 Å². The SMILES string of the molecule is CCOCCCN1C(=S)NC(c2ccc(Cl)cc2)C(c2nc(-c3ccc(OC)cc3)no2)=C1C. The highest BCUT2D eigenvalue weighted by Gasteiger charge is 2.33. The molecule has 0 saturated heterocycles. The molecule has 7 nitrogen and oxygen atoms in total. The van der Waals surface area contributed by atoms with Crippen molar-refractivity contribution in [1.29, 1.82) is 0 Å². The summed E-state index contributed by atoms with van der Waals surface area (Å²) in [5, 5.41) is 9.01. The van der Waals surface area contributed by atoms with Gasteiger partial charge in [-0.2, -0.15) is 4.98 Å². The standard InChI is InChI=1S/C25H27ClN4O3S/c1-4-32-15-5-14-30-16(2)21(22(27-25(30)34)17-6-10-19(26)11-7-17)24-28-23(29-33-24)18-8-12-20(31-3)13-9-18/h6-13,22H,4-5,14-15H2,1-3H3,(H,27,34). The molecule has 1 aliphatic rings. The van der Waals surface area contributed by atoms with Gasteiger partial charge in [-0.15, -0.1) is 0 Å². The molecule has 0 radical (unpaired) electrons. The minimum absolute atomic E-state index is 0.253. The lowest BCUT2D eigenvalue weighted by Gasteiger charge is -2.37. The number of halogens is 1. The maximum atomic E-state index is 6.13. The highest BCUT2D eigenvalue weighted by atomic mass is 35.5. The van der Waals surface area contributed by atoms with Gasteiger partial charge >= 0.3 is 0 Å². The summed E-state index contributed by atoms with van der Waals surface area (Å²) in [5.74, 6) is 1.71. The number of nitrogens with zero attached hydrogens (tertiary/aromatic N) is 3. The van der Waals surface area contributed by atoms with E-state index in [2.05, 4.69) is 15.4 Å². The number of thiocarbonyl (C=S) groups is 1. The molecule has 2 aromatic carbocycles. The second-order valence-electron chi connectivity index (χ2n) is 7.79. The Hall–Kier alpha value is -2.94. The average Bonchev–Trinajstić information content (AvgIpc) is 3.33. The van der Waals surface area contributed by atoms with Gasteiger partial charge in [0.2, 0.25) is 5.82 Å². The fraction of sp³-hybridized carbons (Fsp3) is 0.320. The molecule has 34 heavy (non-hydrogen) atoms. The quantitative estimate of drug-likeness (QED) is 0.307. The first-order valence-corrected chi connectivity index (χ1v) is 11.9. The second kappa shape index (κ2) is 11.0. The van der Waals surface area contributed by atoms with Crippen LogP contribution in [-0.2, 0) is 4.74 Å². The number of hydrogen-bond acceptors (Lipinski definition) is 6. The van der Waals surface area contributed by atoms with Crippen molar-refractivity contribution in [2.45, 2.75) is 26.3 Å². The summed E-state index contributed by atoms with van der Waals surface area (Å²) in [6.45, 7) is 6.10. The van der Waals surface area contributed by atoms with Crippen molar-refractivity contribution in [3.63, 3.8) is 0 Å². The third kappa shape index (κ3) is 5.24. The lowest BCUT2D eigenvalue weighted by Crippen LogP contribution is -2.46. The van der Waals surface area contributed by atoms with E-state index in [4.69, 9.17) is 42.8 Å². The molecule has 1 aromatic heterocycles. The average molecular weight is 499 g/mol. The summed E-state index contributed by atoms with van der Waals surface area (Å²) in [7, 11) is 1.63. The largest absolute Gasteiger partial charge is 0.497 e. The van der Waals surface area contributed by atoms with Gasteiger partial charge in [-0.05, 0) is 74.4 Å². The minimum Gasteiger partial charge on any atom is -0.497 e. The van der Waals surface area contributed by atoms with E-state index in [1.807, 2.05) is 62.4 Å². The monoisotopic (exact) mass is 498 g/mol. The first-order chi connectivity index (χ1) is 16.5. The van der Waals surface area contributed by atoms with E-state index < -0.39 is 0 Å². The molecule has 1 aliphatic heterocycles. The molecule has 1 atom stereocenters.